The zero-order chi connectivity index (χ0) is 9.35. The molecule has 1 aromatic rings. The first kappa shape index (κ1) is 13.7. The predicted octanol–water partition coefficient (Wildman–Crippen LogP) is -0.643. The normalized spacial score (nSPS) is 10.7. The van der Waals surface area contributed by atoms with Crippen LogP contribution in [0.3, 0.4) is 0 Å². The van der Waals surface area contributed by atoms with Crippen LogP contribution in [0.5, 0.6) is 0 Å². The minimum Gasteiger partial charge on any atom is -1.00 e. The molecule has 13 heavy (non-hydrogen) atoms. The van der Waals surface area contributed by atoms with Crippen molar-refractivity contribution in [3.05, 3.63) is 28.2 Å². The van der Waals surface area contributed by atoms with Crippen molar-refractivity contribution in [1.82, 2.24) is 0 Å². The second-order valence-electron chi connectivity index (χ2n) is 2.03. The SMILES string of the molecule is O=S(=O)(O)c1cccc(Cl)c1Cl.[H-].[Na+]. The van der Waals surface area contributed by atoms with E-state index in [0.717, 1.165) is 0 Å². The van der Waals surface area contributed by atoms with Gasteiger partial charge in [-0.3, -0.25) is 4.55 Å². The zero-order valence-corrected chi connectivity index (χ0v) is 11.0. The molecule has 0 aliphatic carbocycles. The van der Waals surface area contributed by atoms with Crippen molar-refractivity contribution < 1.29 is 44.0 Å². The largest absolute Gasteiger partial charge is 1.00 e. The number of rotatable bonds is 1. The summed E-state index contributed by atoms with van der Waals surface area (Å²) in [4.78, 5) is -0.378. The summed E-state index contributed by atoms with van der Waals surface area (Å²) < 4.78 is 29.9. The zero-order valence-electron chi connectivity index (χ0n) is 7.66. The van der Waals surface area contributed by atoms with Crippen molar-refractivity contribution in [1.29, 1.82) is 0 Å². The Balaban J connectivity index is 0. The topological polar surface area (TPSA) is 54.4 Å². The summed E-state index contributed by atoms with van der Waals surface area (Å²) in [6, 6.07) is 3.99. The summed E-state index contributed by atoms with van der Waals surface area (Å²) in [5.41, 5.74) is 0. The van der Waals surface area contributed by atoms with E-state index in [0.29, 0.717) is 0 Å². The van der Waals surface area contributed by atoms with Crippen molar-refractivity contribution in [3.8, 4) is 0 Å². The second-order valence-corrected chi connectivity index (χ2v) is 4.20. The maximum Gasteiger partial charge on any atom is 1.00 e. The third-order valence-corrected chi connectivity index (χ3v) is 3.02. The van der Waals surface area contributed by atoms with Crippen molar-refractivity contribution in [2.45, 2.75) is 4.90 Å². The fourth-order valence-corrected chi connectivity index (χ4v) is 1.92. The van der Waals surface area contributed by atoms with Crippen LogP contribution in [0.25, 0.3) is 0 Å². The van der Waals surface area contributed by atoms with Crippen LogP contribution in [-0.2, 0) is 10.1 Å². The first-order valence-electron chi connectivity index (χ1n) is 2.84. The molecule has 1 rings (SSSR count). The number of hydrogen-bond donors (Lipinski definition) is 1. The van der Waals surface area contributed by atoms with E-state index in [9.17, 15) is 8.42 Å². The summed E-state index contributed by atoms with van der Waals surface area (Å²) in [6.07, 6.45) is 0. The Labute approximate surface area is 110 Å². The van der Waals surface area contributed by atoms with Crippen LogP contribution in [0, 0.1) is 0 Å². The maximum absolute atomic E-state index is 10.6. The van der Waals surface area contributed by atoms with E-state index in [1.807, 2.05) is 0 Å². The summed E-state index contributed by atoms with van der Waals surface area (Å²) in [5.74, 6) is 0. The molecule has 0 aromatic heterocycles. The molecule has 0 amide bonds. The molecular weight excluding hydrogens is 246 g/mol. The average Bonchev–Trinajstić information content (AvgIpc) is 1.92. The van der Waals surface area contributed by atoms with Gasteiger partial charge >= 0.3 is 29.6 Å². The van der Waals surface area contributed by atoms with Crippen LogP contribution in [0.4, 0.5) is 0 Å². The van der Waals surface area contributed by atoms with E-state index >= 15 is 0 Å². The fourth-order valence-electron chi connectivity index (χ4n) is 0.683. The first-order chi connectivity index (χ1) is 5.43. The van der Waals surface area contributed by atoms with Gasteiger partial charge in [0, 0.05) is 0 Å². The van der Waals surface area contributed by atoms with Gasteiger partial charge in [0.05, 0.1) is 10.0 Å². The summed E-state index contributed by atoms with van der Waals surface area (Å²) in [5, 5.41) is -0.0755. The van der Waals surface area contributed by atoms with Crippen molar-refractivity contribution >= 4 is 33.3 Å². The molecule has 0 saturated carbocycles. The van der Waals surface area contributed by atoms with Gasteiger partial charge in [0.1, 0.15) is 4.90 Å². The summed E-state index contributed by atoms with van der Waals surface area (Å²) >= 11 is 11.0. The Morgan fingerprint density at radius 1 is 1.31 bits per heavy atom. The molecular formula is C6H5Cl2NaO3S. The van der Waals surface area contributed by atoms with Crippen molar-refractivity contribution in [3.63, 3.8) is 0 Å². The minimum absolute atomic E-state index is 0. The minimum atomic E-state index is -4.27. The van der Waals surface area contributed by atoms with Gasteiger partial charge in [-0.2, -0.15) is 8.42 Å². The quantitative estimate of drug-likeness (QED) is 0.533. The Morgan fingerprint density at radius 2 is 1.85 bits per heavy atom. The number of halogens is 2. The van der Waals surface area contributed by atoms with Gasteiger partial charge in [-0.15, -0.1) is 0 Å². The molecule has 0 radical (unpaired) electrons. The summed E-state index contributed by atoms with van der Waals surface area (Å²) in [7, 11) is -4.27. The van der Waals surface area contributed by atoms with E-state index in [2.05, 4.69) is 0 Å². The maximum atomic E-state index is 10.6. The van der Waals surface area contributed by atoms with Gasteiger partial charge in [0.25, 0.3) is 10.1 Å². The van der Waals surface area contributed by atoms with Gasteiger partial charge in [0.15, 0.2) is 0 Å². The molecule has 1 aromatic carbocycles. The van der Waals surface area contributed by atoms with Crippen molar-refractivity contribution in [2.24, 2.45) is 0 Å². The van der Waals surface area contributed by atoms with E-state index in [1.54, 1.807) is 0 Å². The van der Waals surface area contributed by atoms with Gasteiger partial charge in [-0.25, -0.2) is 0 Å². The monoisotopic (exact) mass is 250 g/mol. The summed E-state index contributed by atoms with van der Waals surface area (Å²) in [6.45, 7) is 0. The molecule has 0 unspecified atom stereocenters. The second kappa shape index (κ2) is 4.98. The molecule has 1 N–H and O–H groups in total. The molecule has 0 bridgehead atoms. The standard InChI is InChI=1S/C6H4Cl2O3S.Na.H/c7-4-2-1-3-5(6(4)8)12(9,10)11;;/h1-3H,(H,9,10,11);;/q;+1;-1. The Bertz CT molecular complexity index is 410. The predicted molar refractivity (Wildman–Crippen MR) is 47.4 cm³/mol. The van der Waals surface area contributed by atoms with Crippen LogP contribution < -0.4 is 29.6 Å². The first-order valence-corrected chi connectivity index (χ1v) is 5.04. The molecule has 0 saturated heterocycles. The Morgan fingerprint density at radius 3 is 2.23 bits per heavy atom. The number of hydrogen-bond acceptors (Lipinski definition) is 2. The van der Waals surface area contributed by atoms with E-state index in [4.69, 9.17) is 27.8 Å². The van der Waals surface area contributed by atoms with Crippen LogP contribution in [0.1, 0.15) is 1.43 Å². The van der Waals surface area contributed by atoms with Crippen LogP contribution >= 0.6 is 23.2 Å². The molecule has 68 valence electrons. The van der Waals surface area contributed by atoms with Crippen LogP contribution in [0.2, 0.25) is 10.0 Å². The fraction of sp³-hybridized carbons (Fsp3) is 0. The van der Waals surface area contributed by atoms with Gasteiger partial charge in [0.2, 0.25) is 0 Å². The Hall–Kier alpha value is 0.710. The van der Waals surface area contributed by atoms with E-state index in [1.165, 1.54) is 18.2 Å². The molecule has 3 nitrogen and oxygen atoms in total. The molecule has 0 heterocycles. The van der Waals surface area contributed by atoms with E-state index < -0.39 is 10.1 Å². The Kier molecular flexibility index (Phi) is 5.25. The molecule has 0 aliphatic rings. The van der Waals surface area contributed by atoms with E-state index in [-0.39, 0.29) is 45.9 Å². The molecule has 0 aliphatic heterocycles. The van der Waals surface area contributed by atoms with Crippen LogP contribution in [-0.4, -0.2) is 13.0 Å². The molecule has 7 heteroatoms. The van der Waals surface area contributed by atoms with Crippen LogP contribution in [0.15, 0.2) is 23.1 Å². The smallest absolute Gasteiger partial charge is 1.00 e. The number of benzene rings is 1. The molecule has 0 fully saturated rings. The average molecular weight is 251 g/mol. The van der Waals surface area contributed by atoms with Gasteiger partial charge in [-0.05, 0) is 12.1 Å². The molecule has 0 spiro atoms. The van der Waals surface area contributed by atoms with Gasteiger partial charge < -0.3 is 1.43 Å². The third kappa shape index (κ3) is 3.40. The van der Waals surface area contributed by atoms with Gasteiger partial charge in [-0.1, -0.05) is 29.3 Å². The third-order valence-electron chi connectivity index (χ3n) is 1.19. The molecule has 0 atom stereocenters. The van der Waals surface area contributed by atoms with Crippen molar-refractivity contribution in [2.75, 3.05) is 0 Å².